The Morgan fingerprint density at radius 3 is 3.18 bits per heavy atom. The van der Waals surface area contributed by atoms with E-state index in [9.17, 15) is 0 Å². The predicted molar refractivity (Wildman–Crippen MR) is 50.6 cm³/mol. The van der Waals surface area contributed by atoms with Gasteiger partial charge in [0.15, 0.2) is 0 Å². The molecule has 58 valence electrons. The molecule has 0 aliphatic carbocycles. The first-order chi connectivity index (χ1) is 5.27. The summed E-state index contributed by atoms with van der Waals surface area (Å²) in [5.74, 6) is 1.05. The van der Waals surface area contributed by atoms with E-state index in [0.29, 0.717) is 0 Å². The van der Waals surface area contributed by atoms with E-state index < -0.39 is 0 Å². The van der Waals surface area contributed by atoms with Crippen molar-refractivity contribution in [3.63, 3.8) is 0 Å². The highest BCUT2D eigenvalue weighted by Crippen LogP contribution is 2.36. The van der Waals surface area contributed by atoms with Crippen LogP contribution in [0.5, 0.6) is 0 Å². The average molecular weight is 166 g/mol. The molecule has 1 aromatic carbocycles. The van der Waals surface area contributed by atoms with Crippen LogP contribution in [0.25, 0.3) is 0 Å². The molecule has 0 unspecified atom stereocenters. The predicted octanol–water partition coefficient (Wildman–Crippen LogP) is 1.87. The van der Waals surface area contributed by atoms with Crippen molar-refractivity contribution in [1.82, 2.24) is 0 Å². The van der Waals surface area contributed by atoms with E-state index >= 15 is 0 Å². The van der Waals surface area contributed by atoms with Crippen molar-refractivity contribution in [3.8, 4) is 0 Å². The number of nitrogen functional groups attached to an aromatic ring is 1. The smallest absolute Gasteiger partial charge is 0.0509 e. The van der Waals surface area contributed by atoms with Crippen molar-refractivity contribution in [3.05, 3.63) is 23.8 Å². The Morgan fingerprint density at radius 2 is 2.36 bits per heavy atom. The molecule has 3 heteroatoms. The molecule has 11 heavy (non-hydrogen) atoms. The number of anilines is 2. The Labute approximate surface area is 70.5 Å². The van der Waals surface area contributed by atoms with Crippen LogP contribution in [0.15, 0.2) is 18.2 Å². The van der Waals surface area contributed by atoms with Crippen LogP contribution in [0, 0.1) is 0 Å². The quantitative estimate of drug-likeness (QED) is 0.471. The Hall–Kier alpha value is -0.830. The molecule has 0 saturated heterocycles. The summed E-state index contributed by atoms with van der Waals surface area (Å²) in [6.07, 6.45) is 0. The summed E-state index contributed by atoms with van der Waals surface area (Å²) in [6.45, 7) is 0. The normalized spacial score (nSPS) is 15.2. The molecule has 0 bridgehead atoms. The molecule has 2 rings (SSSR count). The van der Waals surface area contributed by atoms with Gasteiger partial charge < -0.3 is 10.0 Å². The van der Waals surface area contributed by atoms with E-state index in [1.807, 2.05) is 24.1 Å². The van der Waals surface area contributed by atoms with Crippen molar-refractivity contribution in [2.24, 2.45) is 0 Å². The minimum absolute atomic E-state index is 0.861. The van der Waals surface area contributed by atoms with Crippen LogP contribution in [0.4, 0.5) is 11.4 Å². The molecule has 0 saturated carbocycles. The van der Waals surface area contributed by atoms with Crippen LogP contribution in [0.2, 0.25) is 0 Å². The van der Waals surface area contributed by atoms with Crippen LogP contribution in [0.3, 0.4) is 0 Å². The van der Waals surface area contributed by atoms with E-state index in [4.69, 9.17) is 5.73 Å². The number of nitrogens with two attached hydrogens (primary N) is 1. The number of fused-ring (bicyclic) bond motifs is 1. The van der Waals surface area contributed by atoms with Gasteiger partial charge in [0.2, 0.25) is 0 Å². The molecule has 0 radical (unpaired) electrons. The van der Waals surface area contributed by atoms with Crippen LogP contribution in [0.1, 0.15) is 5.56 Å². The molecule has 1 heterocycles. The van der Waals surface area contributed by atoms with Gasteiger partial charge in [0.1, 0.15) is 0 Å². The molecule has 0 amide bonds. The Kier molecular flexibility index (Phi) is 1.46. The van der Waals surface area contributed by atoms with E-state index in [2.05, 4.69) is 17.4 Å². The van der Waals surface area contributed by atoms with Crippen LogP contribution in [-0.2, 0) is 5.75 Å². The van der Waals surface area contributed by atoms with Gasteiger partial charge in [-0.1, -0.05) is 0 Å². The Morgan fingerprint density at radius 1 is 1.55 bits per heavy atom. The Balaban J connectivity index is 2.50. The van der Waals surface area contributed by atoms with Gasteiger partial charge in [-0.05, 0) is 35.7 Å². The van der Waals surface area contributed by atoms with Gasteiger partial charge in [-0.2, -0.15) is 0 Å². The number of hydrogen-bond acceptors (Lipinski definition) is 3. The van der Waals surface area contributed by atoms with Gasteiger partial charge >= 0.3 is 0 Å². The highest BCUT2D eigenvalue weighted by atomic mass is 32.2. The van der Waals surface area contributed by atoms with Gasteiger partial charge in [-0.3, -0.25) is 0 Å². The third-order valence-electron chi connectivity index (χ3n) is 1.86. The molecule has 0 spiro atoms. The minimum atomic E-state index is 0.861. The summed E-state index contributed by atoms with van der Waals surface area (Å²) in [5.41, 5.74) is 9.15. The number of rotatable bonds is 0. The highest BCUT2D eigenvalue weighted by Gasteiger charge is 2.15. The summed E-state index contributed by atoms with van der Waals surface area (Å²) < 4.78 is 2.18. The zero-order valence-electron chi connectivity index (χ0n) is 6.37. The highest BCUT2D eigenvalue weighted by molar-refractivity contribution is 8.00. The van der Waals surface area contributed by atoms with Crippen LogP contribution < -0.4 is 10.0 Å². The lowest BCUT2D eigenvalue weighted by Gasteiger charge is -2.09. The van der Waals surface area contributed by atoms with Crippen LogP contribution in [-0.4, -0.2) is 7.05 Å². The van der Waals surface area contributed by atoms with Gasteiger partial charge in [0.25, 0.3) is 0 Å². The second kappa shape index (κ2) is 2.34. The van der Waals surface area contributed by atoms with Gasteiger partial charge in [0, 0.05) is 18.5 Å². The molecule has 2 nitrogen and oxygen atoms in total. The summed E-state index contributed by atoms with van der Waals surface area (Å²) in [7, 11) is 2.08. The summed E-state index contributed by atoms with van der Waals surface area (Å²) in [4.78, 5) is 0. The number of hydrogen-bond donors (Lipinski definition) is 1. The van der Waals surface area contributed by atoms with Crippen molar-refractivity contribution in [1.29, 1.82) is 0 Å². The van der Waals surface area contributed by atoms with Gasteiger partial charge in [-0.15, -0.1) is 0 Å². The second-order valence-electron chi connectivity index (χ2n) is 2.66. The summed E-state index contributed by atoms with van der Waals surface area (Å²) in [6, 6.07) is 6.07. The largest absolute Gasteiger partial charge is 0.399 e. The molecule has 1 aliphatic heterocycles. The van der Waals surface area contributed by atoms with Crippen molar-refractivity contribution in [2.45, 2.75) is 5.75 Å². The molecule has 1 aliphatic rings. The lowest BCUT2D eigenvalue weighted by Crippen LogP contribution is -2.00. The monoisotopic (exact) mass is 166 g/mol. The second-order valence-corrected chi connectivity index (χ2v) is 3.75. The zero-order valence-corrected chi connectivity index (χ0v) is 7.19. The summed E-state index contributed by atoms with van der Waals surface area (Å²) >= 11 is 1.81. The van der Waals surface area contributed by atoms with Gasteiger partial charge in [0.05, 0.1) is 5.69 Å². The maximum atomic E-state index is 5.65. The fourth-order valence-corrected chi connectivity index (χ4v) is 2.15. The zero-order chi connectivity index (χ0) is 7.84. The van der Waals surface area contributed by atoms with E-state index in [0.717, 1.165) is 11.4 Å². The fraction of sp³-hybridized carbons (Fsp3) is 0.250. The topological polar surface area (TPSA) is 29.3 Å². The number of nitrogens with zero attached hydrogens (tertiary/aromatic N) is 1. The van der Waals surface area contributed by atoms with Crippen molar-refractivity contribution in [2.75, 3.05) is 17.1 Å². The van der Waals surface area contributed by atoms with E-state index in [-0.39, 0.29) is 0 Å². The minimum Gasteiger partial charge on any atom is -0.399 e. The standard InChI is InChI=1S/C8H10N2S/c1-10-8-3-2-7(9)4-6(8)5-11-10/h2-4H,5,9H2,1H3. The lowest BCUT2D eigenvalue weighted by molar-refractivity contribution is 1.36. The maximum absolute atomic E-state index is 5.65. The Bertz CT molecular complexity index is 285. The fourth-order valence-electron chi connectivity index (χ4n) is 1.26. The SMILES string of the molecule is CN1SCc2cc(N)ccc21. The lowest BCUT2D eigenvalue weighted by atomic mass is 10.2. The first-order valence-corrected chi connectivity index (χ1v) is 4.46. The van der Waals surface area contributed by atoms with E-state index in [1.165, 1.54) is 11.3 Å². The third-order valence-corrected chi connectivity index (χ3v) is 2.88. The first-order valence-electron chi connectivity index (χ1n) is 3.52. The molecule has 2 N–H and O–H groups in total. The number of benzene rings is 1. The molecule has 0 fully saturated rings. The molecule has 1 aromatic rings. The molecule has 0 aromatic heterocycles. The molecule has 0 atom stereocenters. The molecular weight excluding hydrogens is 156 g/mol. The molecular formula is C8H10N2S. The third kappa shape index (κ3) is 1.05. The summed E-state index contributed by atoms with van der Waals surface area (Å²) in [5, 5.41) is 0. The average Bonchev–Trinajstić information content (AvgIpc) is 2.32. The van der Waals surface area contributed by atoms with Crippen molar-refractivity contribution < 1.29 is 0 Å². The van der Waals surface area contributed by atoms with Crippen LogP contribution >= 0.6 is 11.9 Å². The van der Waals surface area contributed by atoms with Crippen molar-refractivity contribution >= 4 is 23.3 Å². The maximum Gasteiger partial charge on any atom is 0.0509 e. The van der Waals surface area contributed by atoms with Gasteiger partial charge in [-0.25, -0.2) is 0 Å². The van der Waals surface area contributed by atoms with E-state index in [1.54, 1.807) is 0 Å². The first kappa shape index (κ1) is 6.85.